The van der Waals surface area contributed by atoms with Gasteiger partial charge in [-0.2, -0.15) is 0 Å². The fraction of sp³-hybridized carbons (Fsp3) is 0.267. The molecule has 0 bridgehead atoms. The van der Waals surface area contributed by atoms with Crippen LogP contribution in [0.15, 0.2) is 43.0 Å². The Bertz CT molecular complexity index is 528. The van der Waals surface area contributed by atoms with Crippen LogP contribution in [0.3, 0.4) is 0 Å². The fourth-order valence-corrected chi connectivity index (χ4v) is 1.48. The molecule has 7 nitrogen and oxygen atoms in total. The molecular formula is C15H17NO6. The average Bonchev–Trinajstić information content (AvgIpc) is 2.51. The van der Waals surface area contributed by atoms with Crippen molar-refractivity contribution in [1.29, 1.82) is 0 Å². The molecule has 0 aliphatic heterocycles. The summed E-state index contributed by atoms with van der Waals surface area (Å²) in [5.74, 6) is -2.09. The second-order valence-corrected chi connectivity index (χ2v) is 4.27. The molecule has 0 spiro atoms. The van der Waals surface area contributed by atoms with Crippen LogP contribution in [0.2, 0.25) is 0 Å². The van der Waals surface area contributed by atoms with E-state index in [4.69, 9.17) is 9.84 Å². The number of nitrogens with one attached hydrogen (secondary N) is 1. The number of ether oxygens (including phenoxy) is 2. The Hall–Kier alpha value is -2.83. The van der Waals surface area contributed by atoms with Crippen LogP contribution in [0.5, 0.6) is 0 Å². The van der Waals surface area contributed by atoms with E-state index in [2.05, 4.69) is 16.6 Å². The second-order valence-electron chi connectivity index (χ2n) is 4.27. The Morgan fingerprint density at radius 3 is 2.50 bits per heavy atom. The summed E-state index contributed by atoms with van der Waals surface area (Å²) < 4.78 is 9.56. The molecule has 0 fully saturated rings. The van der Waals surface area contributed by atoms with Crippen LogP contribution in [0.4, 0.5) is 4.79 Å². The third-order valence-corrected chi connectivity index (χ3v) is 2.54. The van der Waals surface area contributed by atoms with Gasteiger partial charge in [-0.25, -0.2) is 9.59 Å². The first-order chi connectivity index (χ1) is 10.5. The summed E-state index contributed by atoms with van der Waals surface area (Å²) in [6.45, 7) is 3.33. The minimum Gasteiger partial charge on any atom is -0.480 e. The smallest absolute Gasteiger partial charge is 0.408 e. The SMILES string of the molecule is C=CCOC(=O)NC(CC(=O)OCc1ccccc1)C(=O)O. The van der Waals surface area contributed by atoms with Gasteiger partial charge >= 0.3 is 18.0 Å². The maximum atomic E-state index is 11.6. The first-order valence-corrected chi connectivity index (χ1v) is 6.49. The number of carbonyl (C=O) groups excluding carboxylic acids is 2. The van der Waals surface area contributed by atoms with Crippen LogP contribution in [0.1, 0.15) is 12.0 Å². The molecule has 0 aliphatic carbocycles. The van der Waals surface area contributed by atoms with Gasteiger partial charge in [-0.05, 0) is 5.56 Å². The summed E-state index contributed by atoms with van der Waals surface area (Å²) in [4.78, 5) is 33.9. The molecular weight excluding hydrogens is 290 g/mol. The maximum Gasteiger partial charge on any atom is 0.408 e. The van der Waals surface area contributed by atoms with E-state index in [1.807, 2.05) is 6.07 Å². The van der Waals surface area contributed by atoms with E-state index in [0.29, 0.717) is 0 Å². The molecule has 0 saturated carbocycles. The van der Waals surface area contributed by atoms with Crippen LogP contribution < -0.4 is 5.32 Å². The first-order valence-electron chi connectivity index (χ1n) is 6.49. The molecule has 0 aliphatic rings. The number of hydrogen-bond acceptors (Lipinski definition) is 5. The Labute approximate surface area is 127 Å². The molecule has 0 heterocycles. The summed E-state index contributed by atoms with van der Waals surface area (Å²) in [5, 5.41) is 11.1. The fourth-order valence-electron chi connectivity index (χ4n) is 1.48. The number of aliphatic carboxylic acids is 1. The lowest BCUT2D eigenvalue weighted by atomic mass is 10.2. The molecule has 22 heavy (non-hydrogen) atoms. The normalized spacial score (nSPS) is 11.1. The van der Waals surface area contributed by atoms with Gasteiger partial charge in [0.1, 0.15) is 19.3 Å². The summed E-state index contributed by atoms with van der Waals surface area (Å²) in [7, 11) is 0. The van der Waals surface area contributed by atoms with Crippen LogP contribution in [-0.4, -0.2) is 35.8 Å². The molecule has 2 N–H and O–H groups in total. The third-order valence-electron chi connectivity index (χ3n) is 2.54. The van der Waals surface area contributed by atoms with E-state index in [-0.39, 0.29) is 13.2 Å². The summed E-state index contributed by atoms with van der Waals surface area (Å²) >= 11 is 0. The van der Waals surface area contributed by atoms with Gasteiger partial charge in [0.2, 0.25) is 0 Å². The van der Waals surface area contributed by atoms with Gasteiger partial charge in [-0.1, -0.05) is 43.0 Å². The van der Waals surface area contributed by atoms with Gasteiger partial charge in [-0.15, -0.1) is 0 Å². The van der Waals surface area contributed by atoms with E-state index < -0.39 is 30.5 Å². The Kier molecular flexibility index (Phi) is 7.18. The number of alkyl carbamates (subject to hydrolysis) is 1. The van der Waals surface area contributed by atoms with Crippen LogP contribution in [-0.2, 0) is 25.7 Å². The zero-order chi connectivity index (χ0) is 16.4. The highest BCUT2D eigenvalue weighted by atomic mass is 16.5. The van der Waals surface area contributed by atoms with E-state index in [9.17, 15) is 14.4 Å². The second kappa shape index (κ2) is 9.17. The Balaban J connectivity index is 2.45. The van der Waals surface area contributed by atoms with Gasteiger partial charge in [0.15, 0.2) is 0 Å². The van der Waals surface area contributed by atoms with Crippen molar-refractivity contribution in [2.24, 2.45) is 0 Å². The number of benzene rings is 1. The molecule has 1 atom stereocenters. The van der Waals surface area contributed by atoms with E-state index in [0.717, 1.165) is 5.56 Å². The van der Waals surface area contributed by atoms with Crippen molar-refractivity contribution in [3.8, 4) is 0 Å². The number of carboxylic acid groups (broad SMARTS) is 1. The van der Waals surface area contributed by atoms with Crippen molar-refractivity contribution >= 4 is 18.0 Å². The molecule has 1 amide bonds. The first kappa shape index (κ1) is 17.2. The largest absolute Gasteiger partial charge is 0.480 e. The average molecular weight is 307 g/mol. The van der Waals surface area contributed by atoms with Gasteiger partial charge in [0.25, 0.3) is 0 Å². The molecule has 0 aromatic heterocycles. The lowest BCUT2D eigenvalue weighted by molar-refractivity contribution is -0.150. The van der Waals surface area contributed by atoms with E-state index in [1.54, 1.807) is 24.3 Å². The molecule has 118 valence electrons. The van der Waals surface area contributed by atoms with Crippen LogP contribution in [0, 0.1) is 0 Å². The number of carboxylic acids is 1. The molecule has 1 unspecified atom stereocenters. The quantitative estimate of drug-likeness (QED) is 0.557. The van der Waals surface area contributed by atoms with Gasteiger partial charge < -0.3 is 19.9 Å². The van der Waals surface area contributed by atoms with Gasteiger partial charge in [0, 0.05) is 0 Å². The van der Waals surface area contributed by atoms with Gasteiger partial charge in [0.05, 0.1) is 6.42 Å². The van der Waals surface area contributed by atoms with E-state index in [1.165, 1.54) is 6.08 Å². The lowest BCUT2D eigenvalue weighted by Crippen LogP contribution is -2.42. The standard InChI is InChI=1S/C15H17NO6/c1-2-8-21-15(20)16-12(14(18)19)9-13(17)22-10-11-6-4-3-5-7-11/h2-7,12H,1,8-10H2,(H,16,20)(H,18,19). The number of esters is 1. The highest BCUT2D eigenvalue weighted by Crippen LogP contribution is 2.03. The van der Waals surface area contributed by atoms with Crippen molar-refractivity contribution in [3.63, 3.8) is 0 Å². The van der Waals surface area contributed by atoms with Crippen LogP contribution in [0.25, 0.3) is 0 Å². The van der Waals surface area contributed by atoms with Crippen LogP contribution >= 0.6 is 0 Å². The topological polar surface area (TPSA) is 102 Å². The zero-order valence-electron chi connectivity index (χ0n) is 11.9. The van der Waals surface area contributed by atoms with Crippen molar-refractivity contribution < 1.29 is 29.0 Å². The lowest BCUT2D eigenvalue weighted by Gasteiger charge is -2.13. The third kappa shape index (κ3) is 6.56. The monoisotopic (exact) mass is 307 g/mol. The summed E-state index contributed by atoms with van der Waals surface area (Å²) in [6.07, 6.45) is -0.0994. The minimum absolute atomic E-state index is 0.0346. The minimum atomic E-state index is -1.42. The zero-order valence-corrected chi connectivity index (χ0v) is 11.9. The molecule has 1 rings (SSSR count). The Morgan fingerprint density at radius 2 is 1.91 bits per heavy atom. The van der Waals surface area contributed by atoms with E-state index >= 15 is 0 Å². The van der Waals surface area contributed by atoms with Crippen molar-refractivity contribution in [2.75, 3.05) is 6.61 Å². The van der Waals surface area contributed by atoms with Crippen molar-refractivity contribution in [3.05, 3.63) is 48.6 Å². The number of carbonyl (C=O) groups is 3. The summed E-state index contributed by atoms with van der Waals surface area (Å²) in [6, 6.07) is 7.53. The van der Waals surface area contributed by atoms with Gasteiger partial charge in [-0.3, -0.25) is 4.79 Å². The molecule has 1 aromatic rings. The molecule has 1 aromatic carbocycles. The molecule has 0 saturated heterocycles. The van der Waals surface area contributed by atoms with Crippen molar-refractivity contribution in [1.82, 2.24) is 5.32 Å². The van der Waals surface area contributed by atoms with Crippen molar-refractivity contribution in [2.45, 2.75) is 19.1 Å². The molecule has 7 heteroatoms. The number of hydrogen-bond donors (Lipinski definition) is 2. The highest BCUT2D eigenvalue weighted by molar-refractivity contribution is 5.85. The molecule has 0 radical (unpaired) electrons. The predicted octanol–water partition coefficient (Wildman–Crippen LogP) is 1.49. The highest BCUT2D eigenvalue weighted by Gasteiger charge is 2.24. The summed E-state index contributed by atoms with van der Waals surface area (Å²) in [5.41, 5.74) is 0.779. The Morgan fingerprint density at radius 1 is 1.23 bits per heavy atom. The number of rotatable bonds is 8. The maximum absolute atomic E-state index is 11.6. The number of amides is 1. The predicted molar refractivity (Wildman–Crippen MR) is 77.0 cm³/mol.